The van der Waals surface area contributed by atoms with Crippen LogP contribution in [0.1, 0.15) is 43.4 Å². The van der Waals surface area contributed by atoms with E-state index in [4.69, 9.17) is 0 Å². The minimum atomic E-state index is -3.73. The van der Waals surface area contributed by atoms with Crippen LogP contribution in [-0.2, 0) is 26.2 Å². The van der Waals surface area contributed by atoms with Crippen LogP contribution in [0.5, 0.6) is 0 Å². The molecule has 0 aliphatic carbocycles. The van der Waals surface area contributed by atoms with Gasteiger partial charge in [-0.2, -0.15) is 0 Å². The minimum absolute atomic E-state index is 0.217. The van der Waals surface area contributed by atoms with E-state index in [1.165, 1.54) is 4.90 Å². The van der Waals surface area contributed by atoms with Crippen molar-refractivity contribution in [1.29, 1.82) is 0 Å². The molecule has 180 valence electrons. The van der Waals surface area contributed by atoms with Gasteiger partial charge in [-0.25, -0.2) is 8.42 Å². The van der Waals surface area contributed by atoms with Gasteiger partial charge in [-0.15, -0.1) is 0 Å². The molecular weight excluding hydrogens is 438 g/mol. The molecule has 2 aromatic rings. The Bertz CT molecular complexity index is 1070. The number of carbonyl (C=O) groups is 2. The third-order valence-electron chi connectivity index (χ3n) is 5.51. The zero-order valence-corrected chi connectivity index (χ0v) is 21.0. The lowest BCUT2D eigenvalue weighted by Gasteiger charge is -2.33. The number of rotatable bonds is 11. The number of nitrogens with one attached hydrogen (secondary N) is 1. The third kappa shape index (κ3) is 7.32. The second-order valence-corrected chi connectivity index (χ2v) is 10.2. The molecule has 2 aromatic carbocycles. The lowest BCUT2D eigenvalue weighted by Crippen LogP contribution is -2.52. The van der Waals surface area contributed by atoms with E-state index in [0.29, 0.717) is 18.7 Å². The van der Waals surface area contributed by atoms with Gasteiger partial charge >= 0.3 is 0 Å². The van der Waals surface area contributed by atoms with Gasteiger partial charge in [0.15, 0.2) is 0 Å². The van der Waals surface area contributed by atoms with Crippen LogP contribution in [0.3, 0.4) is 0 Å². The molecule has 0 radical (unpaired) electrons. The van der Waals surface area contributed by atoms with Gasteiger partial charge in [-0.1, -0.05) is 50.2 Å². The predicted octanol–water partition coefficient (Wildman–Crippen LogP) is 3.40. The van der Waals surface area contributed by atoms with Crippen molar-refractivity contribution in [3.05, 3.63) is 65.2 Å². The van der Waals surface area contributed by atoms with Gasteiger partial charge in [0.1, 0.15) is 12.6 Å². The van der Waals surface area contributed by atoms with Crippen LogP contribution >= 0.6 is 0 Å². The molecular formula is C25H35N3O4S. The molecule has 0 heterocycles. The molecule has 0 fully saturated rings. The zero-order valence-electron chi connectivity index (χ0n) is 20.2. The molecule has 0 aliphatic heterocycles. The molecule has 1 N–H and O–H groups in total. The van der Waals surface area contributed by atoms with Gasteiger partial charge in [-0.05, 0) is 55.5 Å². The Hall–Kier alpha value is -2.87. The summed E-state index contributed by atoms with van der Waals surface area (Å²) in [5.41, 5.74) is 3.22. The van der Waals surface area contributed by atoms with Crippen molar-refractivity contribution in [2.75, 3.05) is 23.7 Å². The molecule has 0 aliphatic rings. The van der Waals surface area contributed by atoms with Crippen molar-refractivity contribution in [1.82, 2.24) is 10.2 Å². The summed E-state index contributed by atoms with van der Waals surface area (Å²) in [7, 11) is -3.73. The molecule has 0 unspecified atom stereocenters. The number of nitrogens with zero attached hydrogens (tertiary/aromatic N) is 2. The topological polar surface area (TPSA) is 86.8 Å². The number of anilines is 1. The fraction of sp³-hybridized carbons (Fsp3) is 0.440. The van der Waals surface area contributed by atoms with E-state index in [2.05, 4.69) is 5.32 Å². The monoisotopic (exact) mass is 473 g/mol. The maximum atomic E-state index is 13.6. The third-order valence-corrected chi connectivity index (χ3v) is 6.65. The molecule has 0 saturated carbocycles. The van der Waals surface area contributed by atoms with Crippen LogP contribution in [0.2, 0.25) is 0 Å². The highest BCUT2D eigenvalue weighted by Gasteiger charge is 2.31. The molecule has 0 aromatic heterocycles. The number of benzene rings is 2. The Kier molecular flexibility index (Phi) is 9.46. The van der Waals surface area contributed by atoms with Gasteiger partial charge in [-0.3, -0.25) is 13.9 Å². The molecule has 0 bridgehead atoms. The summed E-state index contributed by atoms with van der Waals surface area (Å²) in [6.07, 6.45) is 2.28. The highest BCUT2D eigenvalue weighted by atomic mass is 32.2. The summed E-state index contributed by atoms with van der Waals surface area (Å²) in [5.74, 6) is -0.661. The number of carbonyl (C=O) groups excluding carboxylic acids is 2. The van der Waals surface area contributed by atoms with Gasteiger partial charge in [0, 0.05) is 13.1 Å². The lowest BCUT2D eigenvalue weighted by atomic mass is 10.1. The number of amides is 2. The van der Waals surface area contributed by atoms with E-state index in [1.807, 2.05) is 58.0 Å². The number of sulfonamides is 1. The molecule has 0 spiro atoms. The fourth-order valence-electron chi connectivity index (χ4n) is 3.65. The largest absolute Gasteiger partial charge is 0.354 e. The van der Waals surface area contributed by atoms with E-state index >= 15 is 0 Å². The quantitative estimate of drug-likeness (QED) is 0.542. The molecule has 1 atom stereocenters. The Labute approximate surface area is 197 Å². The second-order valence-electron chi connectivity index (χ2n) is 8.27. The van der Waals surface area contributed by atoms with Crippen LogP contribution < -0.4 is 9.62 Å². The van der Waals surface area contributed by atoms with E-state index in [-0.39, 0.29) is 19.0 Å². The lowest BCUT2D eigenvalue weighted by molar-refractivity contribution is -0.140. The van der Waals surface area contributed by atoms with Crippen molar-refractivity contribution >= 4 is 27.5 Å². The Morgan fingerprint density at radius 2 is 1.73 bits per heavy atom. The molecule has 2 rings (SSSR count). The Morgan fingerprint density at radius 1 is 1.03 bits per heavy atom. The minimum Gasteiger partial charge on any atom is -0.354 e. The van der Waals surface area contributed by atoms with Crippen molar-refractivity contribution in [2.45, 2.75) is 53.1 Å². The van der Waals surface area contributed by atoms with Crippen molar-refractivity contribution < 1.29 is 18.0 Å². The fourth-order valence-corrected chi connectivity index (χ4v) is 4.49. The standard InChI is InChI=1S/C25H35N3O4S/c1-6-15-26-25(30)23(7-2)27(17-21-13-9-8-12-20(21)4)24(29)18-28(33(5,31)32)22-14-10-11-19(3)16-22/h8-14,16,23H,6-7,15,17-18H2,1-5H3,(H,26,30)/t23-/m0/s1. The average Bonchev–Trinajstić information content (AvgIpc) is 2.76. The first-order chi connectivity index (χ1) is 15.6. The summed E-state index contributed by atoms with van der Waals surface area (Å²) in [4.78, 5) is 28.0. The molecule has 8 heteroatoms. The van der Waals surface area contributed by atoms with Crippen LogP contribution in [0.15, 0.2) is 48.5 Å². The molecule has 2 amide bonds. The molecule has 7 nitrogen and oxygen atoms in total. The Morgan fingerprint density at radius 3 is 2.30 bits per heavy atom. The van der Waals surface area contributed by atoms with Gasteiger partial charge in [0.2, 0.25) is 21.8 Å². The summed E-state index contributed by atoms with van der Waals surface area (Å²) in [5, 5.41) is 2.88. The first kappa shape index (κ1) is 26.4. The summed E-state index contributed by atoms with van der Waals surface area (Å²) >= 11 is 0. The van der Waals surface area contributed by atoms with Crippen molar-refractivity contribution in [2.24, 2.45) is 0 Å². The van der Waals surface area contributed by atoms with Gasteiger partial charge < -0.3 is 10.2 Å². The van der Waals surface area contributed by atoms with Crippen LogP contribution in [0, 0.1) is 13.8 Å². The first-order valence-electron chi connectivity index (χ1n) is 11.2. The maximum Gasteiger partial charge on any atom is 0.244 e. The summed E-state index contributed by atoms with van der Waals surface area (Å²) < 4.78 is 26.3. The smallest absolute Gasteiger partial charge is 0.244 e. The number of aryl methyl sites for hydroxylation is 2. The normalized spacial score (nSPS) is 12.2. The van der Waals surface area contributed by atoms with Crippen LogP contribution in [0.4, 0.5) is 5.69 Å². The van der Waals surface area contributed by atoms with E-state index in [1.54, 1.807) is 18.2 Å². The van der Waals surface area contributed by atoms with E-state index < -0.39 is 22.0 Å². The second kappa shape index (κ2) is 11.8. The van der Waals surface area contributed by atoms with Gasteiger partial charge in [0.05, 0.1) is 11.9 Å². The average molecular weight is 474 g/mol. The molecule has 0 saturated heterocycles. The van der Waals surface area contributed by atoms with Crippen LogP contribution in [-0.4, -0.2) is 50.5 Å². The number of hydrogen-bond acceptors (Lipinski definition) is 4. The highest BCUT2D eigenvalue weighted by Crippen LogP contribution is 2.21. The zero-order chi connectivity index (χ0) is 24.6. The SMILES string of the molecule is CCCNC(=O)[C@H](CC)N(Cc1ccccc1C)C(=O)CN(c1cccc(C)c1)S(C)(=O)=O. The van der Waals surface area contributed by atoms with Crippen molar-refractivity contribution in [3.63, 3.8) is 0 Å². The summed E-state index contributed by atoms with van der Waals surface area (Å²) in [6, 6.07) is 14.0. The van der Waals surface area contributed by atoms with E-state index in [0.717, 1.165) is 33.7 Å². The van der Waals surface area contributed by atoms with Crippen molar-refractivity contribution in [3.8, 4) is 0 Å². The first-order valence-corrected chi connectivity index (χ1v) is 13.1. The van der Waals surface area contributed by atoms with Crippen LogP contribution in [0.25, 0.3) is 0 Å². The maximum absolute atomic E-state index is 13.6. The molecule has 33 heavy (non-hydrogen) atoms. The predicted molar refractivity (Wildman–Crippen MR) is 132 cm³/mol. The Balaban J connectivity index is 2.44. The number of hydrogen-bond donors (Lipinski definition) is 1. The van der Waals surface area contributed by atoms with Gasteiger partial charge in [0.25, 0.3) is 0 Å². The summed E-state index contributed by atoms with van der Waals surface area (Å²) in [6.45, 7) is 7.97. The van der Waals surface area contributed by atoms with E-state index in [9.17, 15) is 18.0 Å². The highest BCUT2D eigenvalue weighted by molar-refractivity contribution is 7.92.